The molecule has 0 fully saturated rings. The van der Waals surface area contributed by atoms with Gasteiger partial charge in [0.2, 0.25) is 0 Å². The average molecular weight is 256 g/mol. The molecule has 4 nitrogen and oxygen atoms in total. The van der Waals surface area contributed by atoms with E-state index < -0.39 is 0 Å². The van der Waals surface area contributed by atoms with Gasteiger partial charge in [-0.3, -0.25) is 4.68 Å². The standard InChI is InChI=1S/C14H13FN4/c1-16-14-5-10-3-9(11-6-18-19(2)8-11)4-13(15)12(10)7-17-14/h3-8H,1-2H3,(H,16,17). The van der Waals surface area contributed by atoms with Crippen LogP contribution in [0.3, 0.4) is 0 Å². The summed E-state index contributed by atoms with van der Waals surface area (Å²) in [6, 6.07) is 5.29. The van der Waals surface area contributed by atoms with Crippen molar-refractivity contribution in [3.8, 4) is 11.1 Å². The Bertz CT molecular complexity index is 748. The predicted molar refractivity (Wildman–Crippen MR) is 73.4 cm³/mol. The Balaban J connectivity index is 2.22. The maximum Gasteiger partial charge on any atom is 0.133 e. The van der Waals surface area contributed by atoms with Crippen molar-refractivity contribution >= 4 is 16.6 Å². The molecule has 0 aliphatic heterocycles. The second kappa shape index (κ2) is 4.35. The molecule has 0 aliphatic rings. The van der Waals surface area contributed by atoms with Gasteiger partial charge in [0.1, 0.15) is 11.6 Å². The van der Waals surface area contributed by atoms with Gasteiger partial charge in [-0.25, -0.2) is 9.37 Å². The van der Waals surface area contributed by atoms with Crippen LogP contribution in [-0.2, 0) is 7.05 Å². The number of aryl methyl sites for hydroxylation is 1. The van der Waals surface area contributed by atoms with E-state index in [1.165, 1.54) is 6.07 Å². The summed E-state index contributed by atoms with van der Waals surface area (Å²) >= 11 is 0. The molecule has 2 aromatic heterocycles. The first-order chi connectivity index (χ1) is 9.17. The van der Waals surface area contributed by atoms with E-state index in [0.29, 0.717) is 5.39 Å². The van der Waals surface area contributed by atoms with Crippen molar-refractivity contribution < 1.29 is 4.39 Å². The summed E-state index contributed by atoms with van der Waals surface area (Å²) < 4.78 is 15.8. The third kappa shape index (κ3) is 2.03. The summed E-state index contributed by atoms with van der Waals surface area (Å²) in [5.41, 5.74) is 1.71. The van der Waals surface area contributed by atoms with E-state index in [4.69, 9.17) is 0 Å². The highest BCUT2D eigenvalue weighted by Crippen LogP contribution is 2.27. The van der Waals surface area contributed by atoms with Crippen LogP contribution in [0.5, 0.6) is 0 Å². The van der Waals surface area contributed by atoms with Crippen LogP contribution in [0.2, 0.25) is 0 Å². The molecule has 0 bridgehead atoms. The molecule has 0 saturated carbocycles. The van der Waals surface area contributed by atoms with Gasteiger partial charge in [-0.05, 0) is 29.1 Å². The Morgan fingerprint density at radius 2 is 2.00 bits per heavy atom. The molecule has 0 saturated heterocycles. The van der Waals surface area contributed by atoms with E-state index in [-0.39, 0.29) is 5.82 Å². The fourth-order valence-electron chi connectivity index (χ4n) is 2.09. The number of rotatable bonds is 2. The van der Waals surface area contributed by atoms with Gasteiger partial charge >= 0.3 is 0 Å². The van der Waals surface area contributed by atoms with Gasteiger partial charge in [0.25, 0.3) is 0 Å². The van der Waals surface area contributed by atoms with Crippen molar-refractivity contribution in [1.82, 2.24) is 14.8 Å². The van der Waals surface area contributed by atoms with Crippen molar-refractivity contribution in [2.24, 2.45) is 7.05 Å². The number of halogens is 1. The Kier molecular flexibility index (Phi) is 2.67. The second-order valence-corrected chi connectivity index (χ2v) is 4.40. The Morgan fingerprint density at radius 3 is 2.68 bits per heavy atom. The highest BCUT2D eigenvalue weighted by atomic mass is 19.1. The number of hydrogen-bond acceptors (Lipinski definition) is 3. The number of pyridine rings is 1. The van der Waals surface area contributed by atoms with E-state index >= 15 is 0 Å². The molecule has 96 valence electrons. The third-order valence-corrected chi connectivity index (χ3v) is 3.08. The topological polar surface area (TPSA) is 42.7 Å². The summed E-state index contributed by atoms with van der Waals surface area (Å²) in [5, 5.41) is 8.40. The summed E-state index contributed by atoms with van der Waals surface area (Å²) in [7, 11) is 3.62. The first kappa shape index (κ1) is 11.6. The monoisotopic (exact) mass is 256 g/mol. The van der Waals surface area contributed by atoms with Crippen molar-refractivity contribution in [3.63, 3.8) is 0 Å². The fraction of sp³-hybridized carbons (Fsp3) is 0.143. The van der Waals surface area contributed by atoms with Gasteiger partial charge in [-0.1, -0.05) is 0 Å². The lowest BCUT2D eigenvalue weighted by atomic mass is 10.0. The second-order valence-electron chi connectivity index (χ2n) is 4.40. The number of aromatic nitrogens is 3. The lowest BCUT2D eigenvalue weighted by Crippen LogP contribution is -1.92. The molecule has 1 N–H and O–H groups in total. The van der Waals surface area contributed by atoms with Gasteiger partial charge in [0.15, 0.2) is 0 Å². The van der Waals surface area contributed by atoms with Crippen LogP contribution < -0.4 is 5.32 Å². The zero-order valence-corrected chi connectivity index (χ0v) is 10.7. The third-order valence-electron chi connectivity index (χ3n) is 3.08. The Labute approximate surface area is 109 Å². The SMILES string of the molecule is CNc1cc2cc(-c3cnn(C)c3)cc(F)c2cn1. The van der Waals surface area contributed by atoms with Gasteiger partial charge in [0, 0.05) is 37.4 Å². The van der Waals surface area contributed by atoms with Gasteiger partial charge in [-0.15, -0.1) is 0 Å². The Morgan fingerprint density at radius 1 is 1.16 bits per heavy atom. The Hall–Kier alpha value is -2.43. The molecule has 3 rings (SSSR count). The minimum absolute atomic E-state index is 0.272. The lowest BCUT2D eigenvalue weighted by molar-refractivity contribution is 0.640. The minimum Gasteiger partial charge on any atom is -0.373 e. The summed E-state index contributed by atoms with van der Waals surface area (Å²) in [6.07, 6.45) is 5.13. The molecule has 0 spiro atoms. The largest absolute Gasteiger partial charge is 0.373 e. The van der Waals surface area contributed by atoms with Crippen LogP contribution in [-0.4, -0.2) is 21.8 Å². The van der Waals surface area contributed by atoms with Gasteiger partial charge in [-0.2, -0.15) is 5.10 Å². The van der Waals surface area contributed by atoms with Crippen LogP contribution >= 0.6 is 0 Å². The first-order valence-corrected chi connectivity index (χ1v) is 5.93. The highest BCUT2D eigenvalue weighted by molar-refractivity contribution is 5.88. The summed E-state index contributed by atoms with van der Waals surface area (Å²) in [6.45, 7) is 0. The highest BCUT2D eigenvalue weighted by Gasteiger charge is 2.08. The quantitative estimate of drug-likeness (QED) is 0.766. The molecular formula is C14H13FN4. The molecule has 5 heteroatoms. The van der Waals surface area contributed by atoms with E-state index in [2.05, 4.69) is 15.4 Å². The van der Waals surface area contributed by atoms with Crippen LogP contribution in [0.25, 0.3) is 21.9 Å². The number of nitrogens with one attached hydrogen (secondary N) is 1. The summed E-state index contributed by atoms with van der Waals surface area (Å²) in [4.78, 5) is 4.13. The van der Waals surface area contributed by atoms with E-state index in [9.17, 15) is 4.39 Å². The van der Waals surface area contributed by atoms with Crippen molar-refractivity contribution in [2.75, 3.05) is 12.4 Å². The number of hydrogen-bond donors (Lipinski definition) is 1. The molecular weight excluding hydrogens is 243 g/mol. The number of fused-ring (bicyclic) bond motifs is 1. The van der Waals surface area contributed by atoms with Crippen LogP contribution in [0, 0.1) is 5.82 Å². The van der Waals surface area contributed by atoms with E-state index in [0.717, 1.165) is 22.3 Å². The predicted octanol–water partition coefficient (Wildman–Crippen LogP) is 2.82. The van der Waals surface area contributed by atoms with E-state index in [1.54, 1.807) is 24.1 Å². The summed E-state index contributed by atoms with van der Waals surface area (Å²) in [5.74, 6) is 0.446. The van der Waals surface area contributed by atoms with Crippen molar-refractivity contribution in [3.05, 3.63) is 42.6 Å². The molecule has 19 heavy (non-hydrogen) atoms. The molecule has 1 aromatic carbocycles. The lowest BCUT2D eigenvalue weighted by Gasteiger charge is -2.05. The molecule has 3 aromatic rings. The smallest absolute Gasteiger partial charge is 0.133 e. The van der Waals surface area contributed by atoms with Crippen LogP contribution in [0.1, 0.15) is 0 Å². The number of anilines is 1. The van der Waals surface area contributed by atoms with E-state index in [1.807, 2.05) is 25.4 Å². The van der Waals surface area contributed by atoms with Crippen LogP contribution in [0.4, 0.5) is 10.2 Å². The minimum atomic E-state index is -0.272. The average Bonchev–Trinajstić information content (AvgIpc) is 2.84. The zero-order chi connectivity index (χ0) is 13.4. The number of nitrogens with zero attached hydrogens (tertiary/aromatic N) is 3. The first-order valence-electron chi connectivity index (χ1n) is 5.93. The normalized spacial score (nSPS) is 10.9. The number of benzene rings is 1. The van der Waals surface area contributed by atoms with Crippen LogP contribution in [0.15, 0.2) is 36.8 Å². The van der Waals surface area contributed by atoms with Gasteiger partial charge < -0.3 is 5.32 Å². The van der Waals surface area contributed by atoms with Crippen molar-refractivity contribution in [1.29, 1.82) is 0 Å². The molecule has 0 radical (unpaired) electrons. The molecule has 0 aliphatic carbocycles. The molecule has 2 heterocycles. The van der Waals surface area contributed by atoms with Crippen molar-refractivity contribution in [2.45, 2.75) is 0 Å². The molecule has 0 atom stereocenters. The molecule has 0 amide bonds. The fourth-order valence-corrected chi connectivity index (χ4v) is 2.09. The van der Waals surface area contributed by atoms with Gasteiger partial charge in [0.05, 0.1) is 6.20 Å². The maximum absolute atomic E-state index is 14.1. The molecule has 0 unspecified atom stereocenters. The maximum atomic E-state index is 14.1. The zero-order valence-electron chi connectivity index (χ0n) is 10.7.